The zero-order valence-electron chi connectivity index (χ0n) is 11.5. The van der Waals surface area contributed by atoms with Gasteiger partial charge in [0.2, 0.25) is 5.95 Å². The number of H-pyrrole nitrogens is 1. The molecule has 0 saturated heterocycles. The van der Waals surface area contributed by atoms with Gasteiger partial charge in [0.15, 0.2) is 11.2 Å². The standard InChI is InChI=1S/C12H17N5O3/c1-15-9-8(10(19)16(2)12(15)20)13-11(14-9)17(5-6-18)7-3-4-7/h7,18H,3-6H2,1-2H3,(H,13,14). The Hall–Kier alpha value is -2.09. The molecule has 0 radical (unpaired) electrons. The minimum atomic E-state index is -0.402. The predicted octanol–water partition coefficient (Wildman–Crippen LogP) is -1.08. The molecule has 8 nitrogen and oxygen atoms in total. The molecule has 0 aliphatic heterocycles. The fourth-order valence-electron chi connectivity index (χ4n) is 2.41. The molecule has 2 aromatic heterocycles. The molecule has 0 atom stereocenters. The lowest BCUT2D eigenvalue weighted by Gasteiger charge is -2.19. The maximum atomic E-state index is 12.1. The van der Waals surface area contributed by atoms with Crippen molar-refractivity contribution in [2.24, 2.45) is 14.1 Å². The molecule has 2 N–H and O–H groups in total. The first-order chi connectivity index (χ1) is 9.54. The summed E-state index contributed by atoms with van der Waals surface area (Å²) in [4.78, 5) is 33.3. The number of rotatable bonds is 4. The molecule has 2 heterocycles. The molecule has 1 saturated carbocycles. The summed E-state index contributed by atoms with van der Waals surface area (Å²) >= 11 is 0. The van der Waals surface area contributed by atoms with Crippen LogP contribution in [0.5, 0.6) is 0 Å². The van der Waals surface area contributed by atoms with E-state index in [0.29, 0.717) is 29.7 Å². The minimum absolute atomic E-state index is 0.0183. The number of aromatic amines is 1. The molecule has 0 unspecified atom stereocenters. The van der Waals surface area contributed by atoms with E-state index in [-0.39, 0.29) is 12.2 Å². The SMILES string of the molecule is Cn1c(=O)c2[nH]c(N(CCO)C3CC3)nc2n(C)c1=O. The molecule has 3 rings (SSSR count). The monoisotopic (exact) mass is 279 g/mol. The Labute approximate surface area is 114 Å². The molecule has 2 aromatic rings. The smallest absolute Gasteiger partial charge is 0.332 e. The third-order valence-electron chi connectivity index (χ3n) is 3.68. The van der Waals surface area contributed by atoms with Crippen LogP contribution in [0.4, 0.5) is 5.95 Å². The molecule has 1 aliphatic carbocycles. The van der Waals surface area contributed by atoms with Crippen molar-refractivity contribution in [2.75, 3.05) is 18.1 Å². The van der Waals surface area contributed by atoms with Gasteiger partial charge in [-0.05, 0) is 12.8 Å². The van der Waals surface area contributed by atoms with Crippen molar-refractivity contribution in [3.63, 3.8) is 0 Å². The van der Waals surface area contributed by atoms with Gasteiger partial charge in [-0.3, -0.25) is 13.9 Å². The second-order valence-corrected chi connectivity index (χ2v) is 5.11. The third-order valence-corrected chi connectivity index (χ3v) is 3.68. The van der Waals surface area contributed by atoms with Gasteiger partial charge >= 0.3 is 5.69 Å². The summed E-state index contributed by atoms with van der Waals surface area (Å²) in [6.45, 7) is 0.475. The maximum absolute atomic E-state index is 12.1. The number of nitrogens with zero attached hydrogens (tertiary/aromatic N) is 4. The minimum Gasteiger partial charge on any atom is -0.395 e. The van der Waals surface area contributed by atoms with Crippen LogP contribution in [0.15, 0.2) is 9.59 Å². The summed E-state index contributed by atoms with van der Waals surface area (Å²) in [5.41, 5.74) is -0.132. The van der Waals surface area contributed by atoms with Gasteiger partial charge in [-0.15, -0.1) is 0 Å². The van der Waals surface area contributed by atoms with Crippen molar-refractivity contribution >= 4 is 17.1 Å². The van der Waals surface area contributed by atoms with Crippen molar-refractivity contribution in [1.82, 2.24) is 19.1 Å². The second-order valence-electron chi connectivity index (χ2n) is 5.11. The van der Waals surface area contributed by atoms with Crippen LogP contribution >= 0.6 is 0 Å². The van der Waals surface area contributed by atoms with E-state index in [1.54, 1.807) is 7.05 Å². The summed E-state index contributed by atoms with van der Waals surface area (Å²) in [6, 6.07) is 0.351. The van der Waals surface area contributed by atoms with Crippen LogP contribution in [-0.2, 0) is 14.1 Å². The highest BCUT2D eigenvalue weighted by atomic mass is 16.3. The lowest BCUT2D eigenvalue weighted by molar-refractivity contribution is 0.300. The molecule has 0 amide bonds. The maximum Gasteiger partial charge on any atom is 0.332 e. The first-order valence-electron chi connectivity index (χ1n) is 6.58. The van der Waals surface area contributed by atoms with E-state index in [1.165, 1.54) is 11.6 Å². The number of fused-ring (bicyclic) bond motifs is 1. The Morgan fingerprint density at radius 1 is 1.35 bits per heavy atom. The van der Waals surface area contributed by atoms with Crippen LogP contribution in [0.1, 0.15) is 12.8 Å². The van der Waals surface area contributed by atoms with E-state index in [0.717, 1.165) is 17.4 Å². The van der Waals surface area contributed by atoms with Gasteiger partial charge in [0.1, 0.15) is 0 Å². The van der Waals surface area contributed by atoms with Gasteiger partial charge in [-0.25, -0.2) is 4.79 Å². The van der Waals surface area contributed by atoms with Crippen LogP contribution in [0, 0.1) is 0 Å². The Morgan fingerprint density at radius 3 is 2.65 bits per heavy atom. The second kappa shape index (κ2) is 4.48. The van der Waals surface area contributed by atoms with E-state index in [2.05, 4.69) is 9.97 Å². The average Bonchev–Trinajstić information content (AvgIpc) is 3.18. The largest absolute Gasteiger partial charge is 0.395 e. The summed E-state index contributed by atoms with van der Waals surface area (Å²) in [7, 11) is 3.03. The Bertz CT molecular complexity index is 768. The Kier molecular flexibility index (Phi) is 2.89. The highest BCUT2D eigenvalue weighted by Crippen LogP contribution is 2.30. The summed E-state index contributed by atoms with van der Waals surface area (Å²) in [5.74, 6) is 0.537. The van der Waals surface area contributed by atoms with E-state index in [9.17, 15) is 9.59 Å². The molecule has 108 valence electrons. The van der Waals surface area contributed by atoms with Crippen molar-refractivity contribution in [3.05, 3.63) is 20.8 Å². The summed E-state index contributed by atoms with van der Waals surface area (Å²) in [5, 5.41) is 9.14. The number of aliphatic hydroxyl groups excluding tert-OH is 1. The summed E-state index contributed by atoms with van der Waals surface area (Å²) < 4.78 is 2.40. The molecule has 1 fully saturated rings. The van der Waals surface area contributed by atoms with E-state index < -0.39 is 5.69 Å². The lowest BCUT2D eigenvalue weighted by atomic mass is 10.5. The van der Waals surface area contributed by atoms with Crippen LogP contribution in [-0.4, -0.2) is 43.4 Å². The molecule has 20 heavy (non-hydrogen) atoms. The number of aromatic nitrogens is 4. The van der Waals surface area contributed by atoms with Gasteiger partial charge in [0.05, 0.1) is 6.61 Å². The summed E-state index contributed by atoms with van der Waals surface area (Å²) in [6.07, 6.45) is 2.10. The van der Waals surface area contributed by atoms with Gasteiger partial charge < -0.3 is 15.0 Å². The van der Waals surface area contributed by atoms with E-state index >= 15 is 0 Å². The quantitative estimate of drug-likeness (QED) is 0.742. The van der Waals surface area contributed by atoms with E-state index in [4.69, 9.17) is 5.11 Å². The third kappa shape index (κ3) is 1.83. The molecule has 0 bridgehead atoms. The number of hydrogen-bond acceptors (Lipinski definition) is 5. The van der Waals surface area contributed by atoms with Gasteiger partial charge in [-0.2, -0.15) is 4.98 Å². The first-order valence-corrected chi connectivity index (χ1v) is 6.58. The fourth-order valence-corrected chi connectivity index (χ4v) is 2.41. The van der Waals surface area contributed by atoms with Gasteiger partial charge in [0, 0.05) is 26.7 Å². The number of imidazole rings is 1. The zero-order chi connectivity index (χ0) is 14.4. The van der Waals surface area contributed by atoms with Crippen LogP contribution in [0.3, 0.4) is 0 Å². The van der Waals surface area contributed by atoms with Crippen molar-refractivity contribution < 1.29 is 5.11 Å². The zero-order valence-corrected chi connectivity index (χ0v) is 11.5. The van der Waals surface area contributed by atoms with Crippen LogP contribution < -0.4 is 16.1 Å². The topological polar surface area (TPSA) is 96.2 Å². The Morgan fingerprint density at radius 2 is 2.05 bits per heavy atom. The molecule has 0 aromatic carbocycles. The Balaban J connectivity index is 2.20. The average molecular weight is 279 g/mol. The van der Waals surface area contributed by atoms with Crippen molar-refractivity contribution in [1.29, 1.82) is 0 Å². The molecule has 0 spiro atoms. The highest BCUT2D eigenvalue weighted by Gasteiger charge is 2.31. The lowest BCUT2D eigenvalue weighted by Crippen LogP contribution is -2.36. The van der Waals surface area contributed by atoms with Crippen molar-refractivity contribution in [3.8, 4) is 0 Å². The molecular formula is C12H17N5O3. The highest BCUT2D eigenvalue weighted by molar-refractivity contribution is 5.73. The molecule has 1 aliphatic rings. The number of hydrogen-bond donors (Lipinski definition) is 2. The van der Waals surface area contributed by atoms with Crippen LogP contribution in [0.2, 0.25) is 0 Å². The van der Waals surface area contributed by atoms with Crippen molar-refractivity contribution in [2.45, 2.75) is 18.9 Å². The number of aryl methyl sites for hydroxylation is 1. The van der Waals surface area contributed by atoms with Gasteiger partial charge in [0.25, 0.3) is 5.56 Å². The number of nitrogens with one attached hydrogen (secondary N) is 1. The van der Waals surface area contributed by atoms with Gasteiger partial charge in [-0.1, -0.05) is 0 Å². The number of anilines is 1. The fraction of sp³-hybridized carbons (Fsp3) is 0.583. The predicted molar refractivity (Wildman–Crippen MR) is 74.0 cm³/mol. The molecular weight excluding hydrogens is 262 g/mol. The normalized spacial score (nSPS) is 14.9. The van der Waals surface area contributed by atoms with E-state index in [1.807, 2.05) is 4.90 Å². The number of aliphatic hydroxyl groups is 1. The first kappa shape index (κ1) is 12.9. The van der Waals surface area contributed by atoms with Crippen LogP contribution in [0.25, 0.3) is 11.2 Å². The molecule has 8 heteroatoms.